The maximum absolute atomic E-state index is 13.7. The van der Waals surface area contributed by atoms with Crippen molar-refractivity contribution in [2.45, 2.75) is 58.0 Å². The van der Waals surface area contributed by atoms with Crippen molar-refractivity contribution < 1.29 is 28.8 Å². The lowest BCUT2D eigenvalue weighted by molar-refractivity contribution is -0.384. The van der Waals surface area contributed by atoms with Crippen LogP contribution < -0.4 is 5.32 Å². The average molecular weight is 469 g/mol. The molecule has 1 aromatic rings. The molecule has 3 atom stereocenters. The number of ether oxygens (including phenoxy) is 2. The summed E-state index contributed by atoms with van der Waals surface area (Å²) in [7, 11) is 1.23. The maximum atomic E-state index is 13.7. The van der Waals surface area contributed by atoms with Gasteiger partial charge in [-0.2, -0.15) is 0 Å². The van der Waals surface area contributed by atoms with E-state index >= 15 is 0 Å². The van der Waals surface area contributed by atoms with Crippen molar-refractivity contribution >= 4 is 23.4 Å². The summed E-state index contributed by atoms with van der Waals surface area (Å²) in [6, 6.07) is 5.91. The Hall–Kier alpha value is -3.49. The fraction of sp³-hybridized carbons (Fsp3) is 0.480. The highest BCUT2D eigenvalue weighted by molar-refractivity contribution is 6.12. The predicted molar refractivity (Wildman–Crippen MR) is 121 cm³/mol. The minimum Gasteiger partial charge on any atom is -0.468 e. The third-order valence-corrected chi connectivity index (χ3v) is 6.95. The van der Waals surface area contributed by atoms with Crippen LogP contribution in [-0.4, -0.2) is 35.9 Å². The Balaban J connectivity index is 1.84. The predicted octanol–water partition coefficient (Wildman–Crippen LogP) is 3.69. The average Bonchev–Trinajstić information content (AvgIpc) is 3.30. The first-order valence-electron chi connectivity index (χ1n) is 11.5. The molecule has 1 saturated carbocycles. The standard InChI is InChI=1S/C25H28N2O7/c1-13-11-18-22(23(28)19(13)24(29)33-3)21(15-7-6-8-16(12-15)27(31)32)20(14(2)26-18)25(30)34-17-9-4-5-10-17/h6-8,12-13,17,19,21,26H,4-5,9-11H2,1-3H3/t13-,19-,21+/m0/s1. The molecule has 0 spiro atoms. The van der Waals surface area contributed by atoms with E-state index < -0.39 is 34.5 Å². The molecule has 34 heavy (non-hydrogen) atoms. The zero-order chi connectivity index (χ0) is 24.6. The number of nitrogens with one attached hydrogen (secondary N) is 1. The fourth-order valence-corrected chi connectivity index (χ4v) is 5.32. The number of nitrogens with zero attached hydrogens (tertiary/aromatic N) is 1. The van der Waals surface area contributed by atoms with Gasteiger partial charge in [-0.1, -0.05) is 19.1 Å². The highest BCUT2D eigenvalue weighted by Crippen LogP contribution is 2.46. The second kappa shape index (κ2) is 9.40. The lowest BCUT2D eigenvalue weighted by Gasteiger charge is -2.38. The number of Topliss-reactive ketones (excluding diaryl/α,β-unsaturated/α-hetero) is 1. The van der Waals surface area contributed by atoms with Crippen LogP contribution in [0.1, 0.15) is 57.4 Å². The van der Waals surface area contributed by atoms with E-state index in [1.807, 2.05) is 0 Å². The molecule has 1 aliphatic heterocycles. The van der Waals surface area contributed by atoms with Gasteiger partial charge >= 0.3 is 11.9 Å². The molecule has 1 heterocycles. The number of benzene rings is 1. The van der Waals surface area contributed by atoms with Crippen LogP contribution in [0, 0.1) is 22.0 Å². The molecule has 1 fully saturated rings. The summed E-state index contributed by atoms with van der Waals surface area (Å²) in [5, 5.41) is 14.7. The number of methoxy groups -OCH3 is 1. The number of allylic oxidation sites excluding steroid dienone is 3. The third kappa shape index (κ3) is 4.22. The van der Waals surface area contributed by atoms with Crippen molar-refractivity contribution in [1.82, 2.24) is 5.32 Å². The van der Waals surface area contributed by atoms with Crippen molar-refractivity contribution in [2.75, 3.05) is 7.11 Å². The van der Waals surface area contributed by atoms with Crippen molar-refractivity contribution in [3.05, 3.63) is 62.5 Å². The topological polar surface area (TPSA) is 125 Å². The van der Waals surface area contributed by atoms with E-state index in [0.717, 1.165) is 25.7 Å². The van der Waals surface area contributed by atoms with Crippen molar-refractivity contribution in [3.8, 4) is 0 Å². The van der Waals surface area contributed by atoms with E-state index in [4.69, 9.17) is 9.47 Å². The number of nitro benzene ring substituents is 1. The Morgan fingerprint density at radius 2 is 1.91 bits per heavy atom. The maximum Gasteiger partial charge on any atom is 0.337 e. The van der Waals surface area contributed by atoms with Gasteiger partial charge in [-0.05, 0) is 50.5 Å². The van der Waals surface area contributed by atoms with E-state index in [0.29, 0.717) is 23.4 Å². The minimum atomic E-state index is -1.02. The summed E-state index contributed by atoms with van der Waals surface area (Å²) in [6.45, 7) is 3.54. The van der Waals surface area contributed by atoms with Crippen LogP contribution in [0.5, 0.6) is 0 Å². The van der Waals surface area contributed by atoms with Gasteiger partial charge in [-0.3, -0.25) is 19.7 Å². The summed E-state index contributed by atoms with van der Waals surface area (Å²) in [5.74, 6) is -3.85. The van der Waals surface area contributed by atoms with E-state index in [-0.39, 0.29) is 28.9 Å². The van der Waals surface area contributed by atoms with Crippen LogP contribution in [-0.2, 0) is 23.9 Å². The van der Waals surface area contributed by atoms with Gasteiger partial charge in [0, 0.05) is 35.0 Å². The number of rotatable bonds is 5. The monoisotopic (exact) mass is 468 g/mol. The molecular formula is C25H28N2O7. The zero-order valence-corrected chi connectivity index (χ0v) is 19.5. The number of hydrogen-bond acceptors (Lipinski definition) is 8. The number of carbonyl (C=O) groups is 3. The van der Waals surface area contributed by atoms with Crippen LogP contribution in [0.15, 0.2) is 46.8 Å². The molecule has 0 amide bonds. The van der Waals surface area contributed by atoms with Crippen LogP contribution in [0.25, 0.3) is 0 Å². The largest absolute Gasteiger partial charge is 0.468 e. The first kappa shape index (κ1) is 23.7. The van der Waals surface area contributed by atoms with Gasteiger partial charge in [0.15, 0.2) is 5.78 Å². The molecule has 0 radical (unpaired) electrons. The number of carbonyl (C=O) groups excluding carboxylic acids is 3. The number of nitro groups is 1. The summed E-state index contributed by atoms with van der Waals surface area (Å²) in [6.07, 6.45) is 3.72. The smallest absolute Gasteiger partial charge is 0.337 e. The van der Waals surface area contributed by atoms with Crippen molar-refractivity contribution in [3.63, 3.8) is 0 Å². The Morgan fingerprint density at radius 3 is 2.56 bits per heavy atom. The molecule has 3 aliphatic rings. The zero-order valence-electron chi connectivity index (χ0n) is 19.5. The molecule has 9 heteroatoms. The van der Waals surface area contributed by atoms with Gasteiger partial charge < -0.3 is 14.8 Å². The van der Waals surface area contributed by atoms with Gasteiger partial charge in [-0.25, -0.2) is 4.79 Å². The van der Waals surface area contributed by atoms with E-state index in [9.17, 15) is 24.5 Å². The minimum absolute atomic E-state index is 0.152. The number of hydrogen-bond donors (Lipinski definition) is 1. The van der Waals surface area contributed by atoms with Gasteiger partial charge in [0.25, 0.3) is 5.69 Å². The van der Waals surface area contributed by atoms with Gasteiger partial charge in [0.2, 0.25) is 0 Å². The summed E-state index contributed by atoms with van der Waals surface area (Å²) >= 11 is 0. The first-order chi connectivity index (χ1) is 16.2. The molecule has 9 nitrogen and oxygen atoms in total. The summed E-state index contributed by atoms with van der Waals surface area (Å²) in [5.41, 5.74) is 1.92. The van der Waals surface area contributed by atoms with Gasteiger partial charge in [0.05, 0.1) is 17.6 Å². The van der Waals surface area contributed by atoms with E-state index in [1.165, 1.54) is 25.3 Å². The SMILES string of the molecule is COC(=O)[C@@H]1C(=O)C2=C(C[C@@H]1C)NC(C)=C(C(=O)OC1CCCC1)[C@H]2c1cccc([N+](=O)[O-])c1. The normalized spacial score (nSPS) is 25.0. The number of non-ortho nitro benzene ring substituents is 1. The van der Waals surface area contributed by atoms with Gasteiger partial charge in [-0.15, -0.1) is 0 Å². The molecule has 4 rings (SSSR count). The summed E-state index contributed by atoms with van der Waals surface area (Å²) in [4.78, 5) is 50.5. The van der Waals surface area contributed by atoms with E-state index in [1.54, 1.807) is 19.9 Å². The second-order valence-corrected chi connectivity index (χ2v) is 9.20. The van der Waals surface area contributed by atoms with Crippen LogP contribution in [0.3, 0.4) is 0 Å². The molecule has 2 aliphatic carbocycles. The molecule has 1 N–H and O–H groups in total. The third-order valence-electron chi connectivity index (χ3n) is 6.95. The molecule has 180 valence electrons. The highest BCUT2D eigenvalue weighted by atomic mass is 16.6. The molecule has 0 aromatic heterocycles. The molecule has 0 unspecified atom stereocenters. The second-order valence-electron chi connectivity index (χ2n) is 9.20. The van der Waals surface area contributed by atoms with Crippen molar-refractivity contribution in [2.24, 2.45) is 11.8 Å². The van der Waals surface area contributed by atoms with Crippen LogP contribution in [0.4, 0.5) is 5.69 Å². The number of esters is 2. The number of ketones is 1. The Morgan fingerprint density at radius 1 is 1.21 bits per heavy atom. The van der Waals surface area contributed by atoms with Crippen LogP contribution >= 0.6 is 0 Å². The van der Waals surface area contributed by atoms with Crippen LogP contribution in [0.2, 0.25) is 0 Å². The lowest BCUT2D eigenvalue weighted by atomic mass is 9.69. The lowest BCUT2D eigenvalue weighted by Crippen LogP contribution is -2.43. The summed E-state index contributed by atoms with van der Waals surface area (Å²) < 4.78 is 10.7. The van der Waals surface area contributed by atoms with Gasteiger partial charge in [0.1, 0.15) is 12.0 Å². The molecule has 0 bridgehead atoms. The molecule has 0 saturated heterocycles. The quantitative estimate of drug-likeness (QED) is 0.300. The number of dihydropyridines is 1. The Labute approximate surface area is 197 Å². The molecular weight excluding hydrogens is 440 g/mol. The van der Waals surface area contributed by atoms with Crippen molar-refractivity contribution in [1.29, 1.82) is 0 Å². The highest BCUT2D eigenvalue weighted by Gasteiger charge is 2.47. The Bertz CT molecular complexity index is 1110. The molecule has 1 aromatic carbocycles. The Kier molecular flexibility index (Phi) is 6.54. The van der Waals surface area contributed by atoms with E-state index in [2.05, 4.69) is 5.32 Å². The first-order valence-corrected chi connectivity index (χ1v) is 11.5. The fourth-order valence-electron chi connectivity index (χ4n) is 5.32.